The van der Waals surface area contributed by atoms with Gasteiger partial charge in [0.25, 0.3) is 0 Å². The molecule has 16 heavy (non-hydrogen) atoms. The van der Waals surface area contributed by atoms with E-state index in [1.807, 2.05) is 13.0 Å². The van der Waals surface area contributed by atoms with Gasteiger partial charge >= 0.3 is 5.97 Å². The Balaban J connectivity index is 2.30. The molecule has 1 N–H and O–H groups in total. The molecule has 84 valence electrons. The largest absolute Gasteiger partial charge is 0.424 e. The minimum absolute atomic E-state index is 0.219. The van der Waals surface area contributed by atoms with Crippen molar-refractivity contribution >= 4 is 28.5 Å². The van der Waals surface area contributed by atoms with E-state index in [1.165, 1.54) is 0 Å². The van der Waals surface area contributed by atoms with Gasteiger partial charge < -0.3 is 9.72 Å². The first-order valence-electron chi connectivity index (χ1n) is 5.18. The number of H-pyrrole nitrogens is 1. The highest BCUT2D eigenvalue weighted by Gasteiger charge is 2.09. The lowest BCUT2D eigenvalue weighted by Crippen LogP contribution is -2.06. The fourth-order valence-corrected chi connectivity index (χ4v) is 1.70. The number of rotatable bonds is 3. The highest BCUT2D eigenvalue weighted by molar-refractivity contribution is 6.31. The fourth-order valence-electron chi connectivity index (χ4n) is 1.53. The van der Waals surface area contributed by atoms with Crippen LogP contribution in [-0.2, 0) is 4.79 Å². The molecule has 1 heterocycles. The molecule has 0 aliphatic heterocycles. The molecule has 0 atom stereocenters. The number of halogens is 1. The van der Waals surface area contributed by atoms with Crippen molar-refractivity contribution in [1.82, 2.24) is 4.98 Å². The molecule has 0 saturated carbocycles. The lowest BCUT2D eigenvalue weighted by Gasteiger charge is -2.01. The third-order valence-electron chi connectivity index (χ3n) is 2.28. The van der Waals surface area contributed by atoms with Gasteiger partial charge in [-0.2, -0.15) is 0 Å². The second kappa shape index (κ2) is 4.58. The summed E-state index contributed by atoms with van der Waals surface area (Å²) in [5.41, 5.74) is 0.906. The number of fused-ring (bicyclic) bond motifs is 1. The highest BCUT2D eigenvalue weighted by atomic mass is 35.5. The summed E-state index contributed by atoms with van der Waals surface area (Å²) in [6.45, 7) is 1.94. The molecule has 1 aromatic heterocycles. The van der Waals surface area contributed by atoms with Crippen LogP contribution in [0.15, 0.2) is 24.4 Å². The molecule has 2 aromatic rings. The lowest BCUT2D eigenvalue weighted by molar-refractivity contribution is -0.134. The molecule has 0 amide bonds. The van der Waals surface area contributed by atoms with E-state index in [-0.39, 0.29) is 5.97 Å². The van der Waals surface area contributed by atoms with Crippen LogP contribution in [0.2, 0.25) is 5.02 Å². The van der Waals surface area contributed by atoms with Crippen LogP contribution in [0.1, 0.15) is 19.8 Å². The predicted octanol–water partition coefficient (Wildman–Crippen LogP) is 3.53. The van der Waals surface area contributed by atoms with Gasteiger partial charge in [0.1, 0.15) is 0 Å². The summed E-state index contributed by atoms with van der Waals surface area (Å²) in [4.78, 5) is 14.4. The van der Waals surface area contributed by atoms with Crippen LogP contribution in [0.25, 0.3) is 10.9 Å². The minimum atomic E-state index is -0.219. The predicted molar refractivity (Wildman–Crippen MR) is 63.9 cm³/mol. The summed E-state index contributed by atoms with van der Waals surface area (Å²) in [5, 5.41) is 1.46. The molecular weight excluding hydrogens is 226 g/mol. The van der Waals surface area contributed by atoms with Crippen molar-refractivity contribution in [1.29, 1.82) is 0 Å². The van der Waals surface area contributed by atoms with Gasteiger partial charge in [-0.15, -0.1) is 0 Å². The maximum atomic E-state index is 11.4. The molecule has 0 bridgehead atoms. The van der Waals surface area contributed by atoms with Gasteiger partial charge in [-0.1, -0.05) is 18.5 Å². The van der Waals surface area contributed by atoms with Crippen LogP contribution in [0.3, 0.4) is 0 Å². The van der Waals surface area contributed by atoms with Crippen molar-refractivity contribution in [2.75, 3.05) is 0 Å². The van der Waals surface area contributed by atoms with Gasteiger partial charge in [0.15, 0.2) is 5.75 Å². The maximum Gasteiger partial charge on any atom is 0.311 e. The van der Waals surface area contributed by atoms with Crippen molar-refractivity contribution in [3.63, 3.8) is 0 Å². The van der Waals surface area contributed by atoms with Crippen LogP contribution in [-0.4, -0.2) is 11.0 Å². The smallest absolute Gasteiger partial charge is 0.311 e. The monoisotopic (exact) mass is 237 g/mol. The first-order valence-corrected chi connectivity index (χ1v) is 5.56. The number of ether oxygens (including phenoxy) is 1. The molecule has 0 unspecified atom stereocenters. The SMILES string of the molecule is CCCC(=O)Oc1c[nH]c2ccc(Cl)cc12. The summed E-state index contributed by atoms with van der Waals surface area (Å²) in [5.74, 6) is 0.319. The van der Waals surface area contributed by atoms with Gasteiger partial charge in [0, 0.05) is 28.5 Å². The number of carbonyl (C=O) groups excluding carboxylic acids is 1. The average molecular weight is 238 g/mol. The Bertz CT molecular complexity index is 519. The molecule has 0 aliphatic rings. The van der Waals surface area contributed by atoms with Crippen LogP contribution in [0, 0.1) is 0 Å². The Labute approximate surface area is 98.4 Å². The Morgan fingerprint density at radius 1 is 1.50 bits per heavy atom. The average Bonchev–Trinajstić information content (AvgIpc) is 2.61. The second-order valence-corrected chi connectivity index (χ2v) is 4.00. The molecular formula is C12H12ClNO2. The van der Waals surface area contributed by atoms with Crippen LogP contribution >= 0.6 is 11.6 Å². The summed E-state index contributed by atoms with van der Waals surface area (Å²) in [6.07, 6.45) is 2.88. The Morgan fingerprint density at radius 2 is 2.31 bits per heavy atom. The number of aromatic amines is 1. The Kier molecular flexibility index (Phi) is 3.15. The van der Waals surface area contributed by atoms with Gasteiger partial charge in [-0.3, -0.25) is 4.79 Å². The number of hydrogen-bond donors (Lipinski definition) is 1. The third-order valence-corrected chi connectivity index (χ3v) is 2.52. The number of nitrogens with one attached hydrogen (secondary N) is 1. The van der Waals surface area contributed by atoms with Gasteiger partial charge in [0.2, 0.25) is 0 Å². The molecule has 3 nitrogen and oxygen atoms in total. The zero-order valence-electron chi connectivity index (χ0n) is 8.92. The van der Waals surface area contributed by atoms with E-state index in [1.54, 1.807) is 18.3 Å². The Hall–Kier alpha value is -1.48. The number of hydrogen-bond acceptors (Lipinski definition) is 2. The molecule has 0 saturated heterocycles. The second-order valence-electron chi connectivity index (χ2n) is 3.57. The summed E-state index contributed by atoms with van der Waals surface area (Å²) < 4.78 is 5.23. The van der Waals surface area contributed by atoms with E-state index in [9.17, 15) is 4.79 Å². The van der Waals surface area contributed by atoms with Gasteiger partial charge in [-0.05, 0) is 24.6 Å². The molecule has 0 fully saturated rings. The van der Waals surface area contributed by atoms with Crippen molar-refractivity contribution in [2.24, 2.45) is 0 Å². The maximum absolute atomic E-state index is 11.4. The van der Waals surface area contributed by atoms with Crippen molar-refractivity contribution in [3.05, 3.63) is 29.4 Å². The molecule has 0 radical (unpaired) electrons. The summed E-state index contributed by atoms with van der Waals surface area (Å²) in [7, 11) is 0. The van der Waals surface area contributed by atoms with E-state index >= 15 is 0 Å². The minimum Gasteiger partial charge on any atom is -0.424 e. The van der Waals surface area contributed by atoms with Crippen molar-refractivity contribution in [2.45, 2.75) is 19.8 Å². The normalized spacial score (nSPS) is 10.6. The standard InChI is InChI=1S/C12H12ClNO2/c1-2-3-12(15)16-11-7-14-10-5-4-8(13)6-9(10)11/h4-7,14H,2-3H2,1H3. The number of esters is 1. The molecule has 4 heteroatoms. The van der Waals surface area contributed by atoms with Gasteiger partial charge in [-0.25, -0.2) is 0 Å². The van der Waals surface area contributed by atoms with E-state index in [0.717, 1.165) is 17.3 Å². The van der Waals surface area contributed by atoms with Crippen molar-refractivity contribution in [3.8, 4) is 5.75 Å². The zero-order valence-corrected chi connectivity index (χ0v) is 9.67. The topological polar surface area (TPSA) is 42.1 Å². The first-order chi connectivity index (χ1) is 7.70. The highest BCUT2D eigenvalue weighted by Crippen LogP contribution is 2.28. The Morgan fingerprint density at radius 3 is 3.06 bits per heavy atom. The number of benzene rings is 1. The van der Waals surface area contributed by atoms with Crippen LogP contribution in [0.5, 0.6) is 5.75 Å². The zero-order chi connectivity index (χ0) is 11.5. The fraction of sp³-hybridized carbons (Fsp3) is 0.250. The number of carbonyl (C=O) groups is 1. The number of aromatic nitrogens is 1. The molecule has 1 aromatic carbocycles. The molecule has 2 rings (SSSR count). The summed E-state index contributed by atoms with van der Waals surface area (Å²) in [6, 6.07) is 5.43. The summed E-state index contributed by atoms with van der Waals surface area (Å²) >= 11 is 5.89. The lowest BCUT2D eigenvalue weighted by atomic mass is 10.2. The van der Waals surface area contributed by atoms with Crippen LogP contribution < -0.4 is 4.74 Å². The van der Waals surface area contributed by atoms with E-state index < -0.39 is 0 Å². The van der Waals surface area contributed by atoms with Crippen molar-refractivity contribution < 1.29 is 9.53 Å². The first kappa shape index (κ1) is 11.0. The van der Waals surface area contributed by atoms with Crippen LogP contribution in [0.4, 0.5) is 0 Å². The van der Waals surface area contributed by atoms with E-state index in [0.29, 0.717) is 17.2 Å². The quantitative estimate of drug-likeness (QED) is 0.830. The van der Waals surface area contributed by atoms with Gasteiger partial charge in [0.05, 0.1) is 0 Å². The van der Waals surface area contributed by atoms with E-state index in [2.05, 4.69) is 4.98 Å². The third kappa shape index (κ3) is 2.19. The van der Waals surface area contributed by atoms with E-state index in [4.69, 9.17) is 16.3 Å². The molecule has 0 aliphatic carbocycles. The molecule has 0 spiro atoms.